The van der Waals surface area contributed by atoms with Crippen LogP contribution in [0.3, 0.4) is 0 Å². The Morgan fingerprint density at radius 1 is 1.13 bits per heavy atom. The summed E-state index contributed by atoms with van der Waals surface area (Å²) < 4.78 is 22.6. The van der Waals surface area contributed by atoms with Crippen molar-refractivity contribution in [2.45, 2.75) is 51.9 Å². The Hall–Kier alpha value is -1.84. The molecular weight excluding hydrogens is 292 g/mol. The van der Waals surface area contributed by atoms with Crippen LogP contribution in [0.5, 0.6) is 23.0 Å². The van der Waals surface area contributed by atoms with Crippen LogP contribution in [0.1, 0.15) is 51.0 Å². The first-order chi connectivity index (χ1) is 11.3. The smallest absolute Gasteiger partial charge is 0.231 e. The minimum atomic E-state index is 0.226. The SMILES string of the molecule is C=CCc1cc2c(c(OCCCCCCCC)c1OC)OCO2. The summed E-state index contributed by atoms with van der Waals surface area (Å²) in [6.07, 6.45) is 9.93. The molecule has 0 atom stereocenters. The Balaban J connectivity index is 2.00. The van der Waals surface area contributed by atoms with Gasteiger partial charge in [-0.3, -0.25) is 0 Å². The van der Waals surface area contributed by atoms with Crippen LogP contribution in [0.15, 0.2) is 18.7 Å². The molecule has 4 nitrogen and oxygen atoms in total. The van der Waals surface area contributed by atoms with Crippen LogP contribution in [0, 0.1) is 0 Å². The molecule has 128 valence electrons. The van der Waals surface area contributed by atoms with E-state index in [1.807, 2.05) is 12.1 Å². The van der Waals surface area contributed by atoms with Crippen LogP contribution < -0.4 is 18.9 Å². The molecule has 0 unspecified atom stereocenters. The molecule has 1 heterocycles. The molecule has 1 aliphatic heterocycles. The molecule has 0 amide bonds. The summed E-state index contributed by atoms with van der Waals surface area (Å²) in [4.78, 5) is 0. The van der Waals surface area contributed by atoms with E-state index < -0.39 is 0 Å². The molecule has 0 bridgehead atoms. The molecule has 0 saturated heterocycles. The minimum Gasteiger partial charge on any atom is -0.492 e. The molecule has 0 saturated carbocycles. The van der Waals surface area contributed by atoms with Crippen molar-refractivity contribution in [2.75, 3.05) is 20.5 Å². The van der Waals surface area contributed by atoms with Gasteiger partial charge in [0.15, 0.2) is 11.5 Å². The molecule has 0 spiro atoms. The van der Waals surface area contributed by atoms with E-state index in [1.54, 1.807) is 7.11 Å². The van der Waals surface area contributed by atoms with Gasteiger partial charge in [-0.2, -0.15) is 0 Å². The number of ether oxygens (including phenoxy) is 4. The molecule has 0 N–H and O–H groups in total. The van der Waals surface area contributed by atoms with Gasteiger partial charge < -0.3 is 18.9 Å². The van der Waals surface area contributed by atoms with Crippen molar-refractivity contribution >= 4 is 0 Å². The first kappa shape index (κ1) is 17.5. The van der Waals surface area contributed by atoms with Gasteiger partial charge in [-0.05, 0) is 18.9 Å². The summed E-state index contributed by atoms with van der Waals surface area (Å²) >= 11 is 0. The summed E-state index contributed by atoms with van der Waals surface area (Å²) in [5.74, 6) is 2.76. The van der Waals surface area contributed by atoms with Gasteiger partial charge in [0.05, 0.1) is 13.7 Å². The van der Waals surface area contributed by atoms with E-state index in [4.69, 9.17) is 18.9 Å². The van der Waals surface area contributed by atoms with E-state index in [-0.39, 0.29) is 6.79 Å². The second kappa shape index (κ2) is 9.33. The van der Waals surface area contributed by atoms with Crippen LogP contribution in [0.4, 0.5) is 0 Å². The van der Waals surface area contributed by atoms with Crippen molar-refractivity contribution in [1.29, 1.82) is 0 Å². The van der Waals surface area contributed by atoms with Gasteiger partial charge in [0.1, 0.15) is 0 Å². The highest BCUT2D eigenvalue weighted by atomic mass is 16.7. The Morgan fingerprint density at radius 3 is 2.65 bits per heavy atom. The number of fused-ring (bicyclic) bond motifs is 1. The molecule has 0 aromatic heterocycles. The minimum absolute atomic E-state index is 0.226. The van der Waals surface area contributed by atoms with Gasteiger partial charge >= 0.3 is 0 Å². The largest absolute Gasteiger partial charge is 0.492 e. The fourth-order valence-corrected chi connectivity index (χ4v) is 2.76. The highest BCUT2D eigenvalue weighted by molar-refractivity contribution is 5.64. The third-order valence-corrected chi connectivity index (χ3v) is 3.96. The lowest BCUT2D eigenvalue weighted by Gasteiger charge is -2.16. The second-order valence-corrected chi connectivity index (χ2v) is 5.74. The van der Waals surface area contributed by atoms with Crippen molar-refractivity contribution in [3.8, 4) is 23.0 Å². The zero-order valence-corrected chi connectivity index (χ0v) is 14.4. The van der Waals surface area contributed by atoms with Gasteiger partial charge in [0.25, 0.3) is 0 Å². The molecule has 0 radical (unpaired) electrons. The maximum absolute atomic E-state index is 6.00. The summed E-state index contributed by atoms with van der Waals surface area (Å²) in [5, 5.41) is 0. The topological polar surface area (TPSA) is 36.9 Å². The van der Waals surface area contributed by atoms with Crippen molar-refractivity contribution in [1.82, 2.24) is 0 Å². The molecule has 1 aromatic rings. The van der Waals surface area contributed by atoms with E-state index >= 15 is 0 Å². The van der Waals surface area contributed by atoms with Crippen LogP contribution in [0.2, 0.25) is 0 Å². The van der Waals surface area contributed by atoms with Gasteiger partial charge in [-0.15, -0.1) is 6.58 Å². The van der Waals surface area contributed by atoms with Gasteiger partial charge in [-0.25, -0.2) is 0 Å². The second-order valence-electron chi connectivity index (χ2n) is 5.74. The van der Waals surface area contributed by atoms with Crippen molar-refractivity contribution in [3.63, 3.8) is 0 Å². The van der Waals surface area contributed by atoms with Gasteiger partial charge in [0, 0.05) is 5.56 Å². The van der Waals surface area contributed by atoms with Crippen LogP contribution >= 0.6 is 0 Å². The van der Waals surface area contributed by atoms with E-state index in [2.05, 4.69) is 13.5 Å². The number of allylic oxidation sites excluding steroid dienone is 1. The maximum Gasteiger partial charge on any atom is 0.231 e. The van der Waals surface area contributed by atoms with E-state index in [0.717, 1.165) is 23.5 Å². The van der Waals surface area contributed by atoms with Crippen molar-refractivity contribution < 1.29 is 18.9 Å². The lowest BCUT2D eigenvalue weighted by molar-refractivity contribution is 0.168. The van der Waals surface area contributed by atoms with E-state index in [1.165, 1.54) is 32.1 Å². The lowest BCUT2D eigenvalue weighted by atomic mass is 10.1. The highest BCUT2D eigenvalue weighted by Crippen LogP contribution is 2.49. The normalized spacial score (nSPS) is 12.3. The Morgan fingerprint density at radius 2 is 1.91 bits per heavy atom. The standard InChI is InChI=1S/C19H28O4/c1-4-6-7-8-9-10-12-21-19-17(20-3)15(11-5-2)13-16-18(19)23-14-22-16/h5,13H,2,4,6-12,14H2,1,3H3. The number of unbranched alkanes of at least 4 members (excludes halogenated alkanes) is 5. The molecule has 0 fully saturated rings. The third-order valence-electron chi connectivity index (χ3n) is 3.96. The molecule has 1 aliphatic rings. The zero-order chi connectivity index (χ0) is 16.5. The molecule has 23 heavy (non-hydrogen) atoms. The van der Waals surface area contributed by atoms with Crippen molar-refractivity contribution in [2.24, 2.45) is 0 Å². The summed E-state index contributed by atoms with van der Waals surface area (Å²) in [7, 11) is 1.65. The number of hydrogen-bond donors (Lipinski definition) is 0. The molecule has 2 rings (SSSR count). The first-order valence-electron chi connectivity index (χ1n) is 8.55. The highest BCUT2D eigenvalue weighted by Gasteiger charge is 2.26. The first-order valence-corrected chi connectivity index (χ1v) is 8.55. The third kappa shape index (κ3) is 4.57. The number of methoxy groups -OCH3 is 1. The average molecular weight is 320 g/mol. The summed E-state index contributed by atoms with van der Waals surface area (Å²) in [6, 6.07) is 1.94. The fraction of sp³-hybridized carbons (Fsp3) is 0.579. The average Bonchev–Trinajstić information content (AvgIpc) is 3.02. The van der Waals surface area contributed by atoms with E-state index in [0.29, 0.717) is 24.5 Å². The lowest BCUT2D eigenvalue weighted by Crippen LogP contribution is -2.03. The number of benzene rings is 1. The van der Waals surface area contributed by atoms with Crippen LogP contribution in [-0.4, -0.2) is 20.5 Å². The molecule has 1 aromatic carbocycles. The predicted octanol–water partition coefficient (Wildman–Crippen LogP) is 4.89. The Labute approximate surface area is 139 Å². The monoisotopic (exact) mass is 320 g/mol. The Bertz CT molecular complexity index is 511. The van der Waals surface area contributed by atoms with Crippen molar-refractivity contribution in [3.05, 3.63) is 24.3 Å². The maximum atomic E-state index is 6.00. The number of rotatable bonds is 11. The fourth-order valence-electron chi connectivity index (χ4n) is 2.76. The predicted molar refractivity (Wildman–Crippen MR) is 91.9 cm³/mol. The molecular formula is C19H28O4. The molecule has 4 heteroatoms. The Kier molecular flexibility index (Phi) is 7.11. The number of hydrogen-bond acceptors (Lipinski definition) is 4. The summed E-state index contributed by atoms with van der Waals surface area (Å²) in [5.41, 5.74) is 1.00. The van der Waals surface area contributed by atoms with Crippen LogP contribution in [0.25, 0.3) is 0 Å². The van der Waals surface area contributed by atoms with Gasteiger partial charge in [0.2, 0.25) is 18.3 Å². The van der Waals surface area contributed by atoms with Crippen LogP contribution in [-0.2, 0) is 6.42 Å². The van der Waals surface area contributed by atoms with E-state index in [9.17, 15) is 0 Å². The van der Waals surface area contributed by atoms with Gasteiger partial charge in [-0.1, -0.05) is 45.1 Å². The molecule has 0 aliphatic carbocycles. The summed E-state index contributed by atoms with van der Waals surface area (Å²) in [6.45, 7) is 6.92. The quantitative estimate of drug-likeness (QED) is 0.429. The zero-order valence-electron chi connectivity index (χ0n) is 14.4.